The van der Waals surface area contributed by atoms with Gasteiger partial charge in [0, 0.05) is 16.6 Å². The Morgan fingerprint density at radius 2 is 1.32 bits per heavy atom. The molecule has 0 bridgehead atoms. The molecule has 0 N–H and O–H groups in total. The summed E-state index contributed by atoms with van der Waals surface area (Å²) in [4.78, 5) is 56.6. The zero-order valence-corrected chi connectivity index (χ0v) is 21.6. The molecule has 0 fully saturated rings. The third-order valence-electron chi connectivity index (χ3n) is 4.35. The fourth-order valence-corrected chi connectivity index (χ4v) is 3.27. The standard InChI is InChI=1S/C14H16BrNO6.C8H14O4/c1-4-21-12(17)14(3,13(18)22-5-2)10-7-6-9(16(19)20)8-11(10)15;1-4-11-7(9)6(3)8(10)12-5-2/h6-8H,4-5H2,1-3H3;6H,4-5H2,1-3H3. The number of non-ortho nitro benzene ring substituents is 1. The summed E-state index contributed by atoms with van der Waals surface area (Å²) in [7, 11) is 0. The van der Waals surface area contributed by atoms with E-state index >= 15 is 0 Å². The van der Waals surface area contributed by atoms with Gasteiger partial charge in [0.25, 0.3) is 5.69 Å². The zero-order valence-electron chi connectivity index (χ0n) is 20.0. The van der Waals surface area contributed by atoms with Gasteiger partial charge in [-0.15, -0.1) is 0 Å². The largest absolute Gasteiger partial charge is 0.465 e. The molecule has 0 spiro atoms. The Hall–Kier alpha value is -3.02. The lowest BCUT2D eigenvalue weighted by atomic mass is 9.82. The third-order valence-corrected chi connectivity index (χ3v) is 5.01. The smallest absolute Gasteiger partial charge is 0.327 e. The van der Waals surface area contributed by atoms with Crippen LogP contribution in [0.4, 0.5) is 5.69 Å². The quantitative estimate of drug-likeness (QED) is 0.140. The van der Waals surface area contributed by atoms with E-state index in [-0.39, 0.29) is 42.2 Å². The highest BCUT2D eigenvalue weighted by Crippen LogP contribution is 2.35. The molecule has 0 aliphatic rings. The molecule has 0 saturated carbocycles. The second-order valence-corrected chi connectivity index (χ2v) is 7.57. The number of nitrogens with zero attached hydrogens (tertiary/aromatic N) is 1. The van der Waals surface area contributed by atoms with Crippen LogP contribution in [0.1, 0.15) is 47.1 Å². The predicted octanol–water partition coefficient (Wildman–Crippen LogP) is 3.49. The number of nitro groups is 1. The van der Waals surface area contributed by atoms with Crippen LogP contribution in [0.15, 0.2) is 22.7 Å². The van der Waals surface area contributed by atoms with Gasteiger partial charge in [-0.05, 0) is 53.2 Å². The van der Waals surface area contributed by atoms with Gasteiger partial charge in [-0.1, -0.05) is 15.9 Å². The Morgan fingerprint density at radius 1 is 0.912 bits per heavy atom. The molecular weight excluding hydrogens is 518 g/mol. The average Bonchev–Trinajstić information content (AvgIpc) is 2.78. The molecule has 1 aromatic carbocycles. The molecule has 0 unspecified atom stereocenters. The highest BCUT2D eigenvalue weighted by molar-refractivity contribution is 9.10. The second-order valence-electron chi connectivity index (χ2n) is 6.71. The van der Waals surface area contributed by atoms with Gasteiger partial charge in [-0.3, -0.25) is 29.3 Å². The molecule has 0 aromatic heterocycles. The molecule has 0 saturated heterocycles. The van der Waals surface area contributed by atoms with Crippen LogP contribution in [0.5, 0.6) is 0 Å². The molecule has 1 aromatic rings. The number of carbonyl (C=O) groups excluding carboxylic acids is 4. The Kier molecular flexibility index (Phi) is 13.7. The van der Waals surface area contributed by atoms with Crippen molar-refractivity contribution in [2.24, 2.45) is 5.92 Å². The summed E-state index contributed by atoms with van der Waals surface area (Å²) >= 11 is 3.17. The van der Waals surface area contributed by atoms with Gasteiger partial charge in [-0.25, -0.2) is 0 Å². The van der Waals surface area contributed by atoms with Crippen LogP contribution in [0.25, 0.3) is 0 Å². The van der Waals surface area contributed by atoms with Crippen LogP contribution in [-0.4, -0.2) is 55.2 Å². The van der Waals surface area contributed by atoms with Crippen molar-refractivity contribution in [3.8, 4) is 0 Å². The molecule has 0 aliphatic carbocycles. The number of halogens is 1. The summed E-state index contributed by atoms with van der Waals surface area (Å²) in [6, 6.07) is 3.79. The monoisotopic (exact) mass is 547 g/mol. The van der Waals surface area contributed by atoms with Crippen molar-refractivity contribution >= 4 is 45.5 Å². The van der Waals surface area contributed by atoms with E-state index in [0.717, 1.165) is 0 Å². The van der Waals surface area contributed by atoms with Gasteiger partial charge in [0.2, 0.25) is 0 Å². The summed E-state index contributed by atoms with van der Waals surface area (Å²) in [5.74, 6) is -3.43. The molecule has 0 heterocycles. The lowest BCUT2D eigenvalue weighted by Gasteiger charge is -2.26. The first-order valence-corrected chi connectivity index (χ1v) is 11.3. The Morgan fingerprint density at radius 3 is 1.65 bits per heavy atom. The van der Waals surface area contributed by atoms with Gasteiger partial charge in [0.15, 0.2) is 11.3 Å². The van der Waals surface area contributed by atoms with Gasteiger partial charge >= 0.3 is 23.9 Å². The minimum Gasteiger partial charge on any atom is -0.465 e. The predicted molar refractivity (Wildman–Crippen MR) is 124 cm³/mol. The Balaban J connectivity index is 0.000000770. The number of nitro benzene ring substituents is 1. The van der Waals surface area contributed by atoms with Crippen LogP contribution in [-0.2, 0) is 43.5 Å². The SMILES string of the molecule is CCOC(=O)C(C)(C(=O)OCC)c1ccc([N+](=O)[O-])cc1Br.CCOC(=O)C(C)C(=O)OCC. The zero-order chi connectivity index (χ0) is 26.5. The van der Waals surface area contributed by atoms with E-state index in [4.69, 9.17) is 9.47 Å². The lowest BCUT2D eigenvalue weighted by molar-refractivity contribution is -0.385. The van der Waals surface area contributed by atoms with Crippen LogP contribution >= 0.6 is 15.9 Å². The fraction of sp³-hybridized carbons (Fsp3) is 0.545. The normalized spacial score (nSPS) is 10.5. The van der Waals surface area contributed by atoms with Crippen molar-refractivity contribution in [1.82, 2.24) is 0 Å². The molecule has 0 atom stereocenters. The average molecular weight is 548 g/mol. The number of carbonyl (C=O) groups is 4. The fourth-order valence-electron chi connectivity index (χ4n) is 2.51. The Labute approximate surface area is 206 Å². The number of rotatable bonds is 10. The highest BCUT2D eigenvalue weighted by Gasteiger charge is 2.47. The van der Waals surface area contributed by atoms with Crippen LogP contribution in [0, 0.1) is 16.0 Å². The number of benzene rings is 1. The van der Waals surface area contributed by atoms with E-state index in [1.165, 1.54) is 32.0 Å². The summed E-state index contributed by atoms with van der Waals surface area (Å²) in [5.41, 5.74) is -1.62. The number of hydrogen-bond acceptors (Lipinski definition) is 10. The van der Waals surface area contributed by atoms with Crippen LogP contribution in [0.3, 0.4) is 0 Å². The molecule has 34 heavy (non-hydrogen) atoms. The first-order valence-electron chi connectivity index (χ1n) is 10.5. The maximum atomic E-state index is 12.3. The van der Waals surface area contributed by atoms with E-state index < -0.39 is 40.1 Å². The van der Waals surface area contributed by atoms with Crippen molar-refractivity contribution in [3.05, 3.63) is 38.3 Å². The van der Waals surface area contributed by atoms with Crippen LogP contribution < -0.4 is 0 Å². The lowest BCUT2D eigenvalue weighted by Crippen LogP contribution is -2.43. The minimum absolute atomic E-state index is 0.0957. The summed E-state index contributed by atoms with van der Waals surface area (Å²) in [6.07, 6.45) is 0. The van der Waals surface area contributed by atoms with Crippen molar-refractivity contribution < 1.29 is 43.0 Å². The molecule has 12 heteroatoms. The van der Waals surface area contributed by atoms with Crippen LogP contribution in [0.2, 0.25) is 0 Å². The van der Waals surface area contributed by atoms with Gasteiger partial charge < -0.3 is 18.9 Å². The summed E-state index contributed by atoms with van der Waals surface area (Å²) in [5, 5.41) is 10.8. The molecule has 0 amide bonds. The van der Waals surface area contributed by atoms with Gasteiger partial charge in [-0.2, -0.15) is 0 Å². The number of ether oxygens (including phenoxy) is 4. The topological polar surface area (TPSA) is 148 Å². The van der Waals surface area contributed by atoms with Gasteiger partial charge in [0.05, 0.1) is 31.4 Å². The summed E-state index contributed by atoms with van der Waals surface area (Å²) < 4.78 is 19.5. The molecule has 0 aliphatic heterocycles. The van der Waals surface area contributed by atoms with E-state index in [1.54, 1.807) is 27.7 Å². The molecule has 11 nitrogen and oxygen atoms in total. The van der Waals surface area contributed by atoms with Crippen molar-refractivity contribution in [2.45, 2.75) is 47.0 Å². The van der Waals surface area contributed by atoms with E-state index in [0.29, 0.717) is 0 Å². The minimum atomic E-state index is -1.71. The second kappa shape index (κ2) is 15.0. The highest BCUT2D eigenvalue weighted by atomic mass is 79.9. The first kappa shape index (κ1) is 31.0. The van der Waals surface area contributed by atoms with Crippen molar-refractivity contribution in [3.63, 3.8) is 0 Å². The molecule has 190 valence electrons. The van der Waals surface area contributed by atoms with E-state index in [9.17, 15) is 29.3 Å². The number of esters is 4. The molecule has 0 radical (unpaired) electrons. The molecular formula is C22H30BrNO10. The number of hydrogen-bond donors (Lipinski definition) is 0. The van der Waals surface area contributed by atoms with E-state index in [2.05, 4.69) is 25.4 Å². The maximum absolute atomic E-state index is 12.3. The first-order chi connectivity index (χ1) is 15.9. The van der Waals surface area contributed by atoms with Crippen molar-refractivity contribution in [1.29, 1.82) is 0 Å². The van der Waals surface area contributed by atoms with Crippen molar-refractivity contribution in [2.75, 3.05) is 26.4 Å². The molecule has 1 rings (SSSR count). The summed E-state index contributed by atoms with van der Waals surface area (Å²) in [6.45, 7) is 10.2. The maximum Gasteiger partial charge on any atom is 0.327 e. The third kappa shape index (κ3) is 8.40. The van der Waals surface area contributed by atoms with Gasteiger partial charge in [0.1, 0.15) is 0 Å². The Bertz CT molecular complexity index is 850. The van der Waals surface area contributed by atoms with E-state index in [1.807, 2.05) is 0 Å².